The molecule has 3 rings (SSSR count). The number of hydroxylamine groups is 2. The van der Waals surface area contributed by atoms with Crippen molar-refractivity contribution >= 4 is 17.8 Å². The lowest BCUT2D eigenvalue weighted by atomic mass is 10.1. The maximum absolute atomic E-state index is 12.1. The lowest BCUT2D eigenvalue weighted by Gasteiger charge is -2.13. The summed E-state index contributed by atoms with van der Waals surface area (Å²) in [4.78, 5) is 45.0. The van der Waals surface area contributed by atoms with Crippen molar-refractivity contribution in [2.24, 2.45) is 0 Å². The van der Waals surface area contributed by atoms with Gasteiger partial charge < -0.3 is 4.84 Å². The number of carbonyl (C=O) groups is 3. The van der Waals surface area contributed by atoms with Crippen molar-refractivity contribution in [1.29, 1.82) is 0 Å². The zero-order valence-corrected chi connectivity index (χ0v) is 11.8. The maximum Gasteiger partial charge on any atom is 0.337 e. The van der Waals surface area contributed by atoms with Crippen LogP contribution in [0, 0.1) is 6.92 Å². The number of hydrogen-bond donors (Lipinski definition) is 0. The Morgan fingerprint density at radius 2 is 1.77 bits per heavy atom. The van der Waals surface area contributed by atoms with Gasteiger partial charge in [-0.25, -0.2) is 4.79 Å². The molecule has 0 spiro atoms. The van der Waals surface area contributed by atoms with Crippen LogP contribution in [0.2, 0.25) is 0 Å². The van der Waals surface area contributed by atoms with Gasteiger partial charge in [-0.1, -0.05) is 17.2 Å². The van der Waals surface area contributed by atoms with Crippen molar-refractivity contribution in [2.75, 3.05) is 0 Å². The molecule has 0 fully saturated rings. The maximum atomic E-state index is 12.1. The number of carbonyl (C=O) groups excluding carboxylic acids is 3. The van der Waals surface area contributed by atoms with Gasteiger partial charge in [-0.2, -0.15) is 0 Å². The Morgan fingerprint density at radius 3 is 2.36 bits per heavy atom. The number of imide groups is 1. The third kappa shape index (κ3) is 2.35. The average Bonchev–Trinajstić information content (AvgIpc) is 2.75. The van der Waals surface area contributed by atoms with Crippen LogP contribution in [0.25, 0.3) is 0 Å². The molecule has 22 heavy (non-hydrogen) atoms. The minimum absolute atomic E-state index is 0.0624. The van der Waals surface area contributed by atoms with E-state index in [2.05, 4.69) is 4.98 Å². The highest BCUT2D eigenvalue weighted by atomic mass is 16.7. The molecule has 0 N–H and O–H groups in total. The van der Waals surface area contributed by atoms with Crippen LogP contribution in [0.5, 0.6) is 0 Å². The number of aromatic nitrogens is 1. The quantitative estimate of drug-likeness (QED) is 0.805. The summed E-state index contributed by atoms with van der Waals surface area (Å²) >= 11 is 0. The van der Waals surface area contributed by atoms with Crippen LogP contribution < -0.4 is 0 Å². The van der Waals surface area contributed by atoms with E-state index >= 15 is 0 Å². The summed E-state index contributed by atoms with van der Waals surface area (Å²) in [5.41, 5.74) is 2.04. The Balaban J connectivity index is 1.75. The van der Waals surface area contributed by atoms with E-state index < -0.39 is 17.8 Å². The van der Waals surface area contributed by atoms with Crippen LogP contribution in [0.15, 0.2) is 42.7 Å². The molecule has 1 aliphatic rings. The Labute approximate surface area is 126 Å². The van der Waals surface area contributed by atoms with Crippen LogP contribution in [-0.2, 0) is 16.1 Å². The predicted octanol–water partition coefficient (Wildman–Crippen LogP) is 1.69. The molecule has 1 aromatic carbocycles. The lowest BCUT2D eigenvalue weighted by Crippen LogP contribution is -2.33. The molecule has 110 valence electrons. The molecule has 2 heterocycles. The first-order valence-corrected chi connectivity index (χ1v) is 6.66. The fourth-order valence-corrected chi connectivity index (χ4v) is 2.22. The molecule has 2 aromatic rings. The van der Waals surface area contributed by atoms with Crippen LogP contribution in [0.4, 0.5) is 0 Å². The summed E-state index contributed by atoms with van der Waals surface area (Å²) in [6.07, 6.45) is 3.11. The van der Waals surface area contributed by atoms with Gasteiger partial charge in [0.2, 0.25) is 0 Å². The lowest BCUT2D eigenvalue weighted by molar-refractivity contribution is -0.167. The molecule has 0 bridgehead atoms. The topological polar surface area (TPSA) is 76.6 Å². The van der Waals surface area contributed by atoms with Crippen molar-refractivity contribution in [1.82, 2.24) is 10.0 Å². The van der Waals surface area contributed by atoms with E-state index in [1.807, 2.05) is 6.92 Å². The molecule has 0 aliphatic carbocycles. The van der Waals surface area contributed by atoms with Crippen LogP contribution in [-0.4, -0.2) is 27.8 Å². The molecule has 2 amide bonds. The van der Waals surface area contributed by atoms with Gasteiger partial charge in [0, 0.05) is 12.4 Å². The number of nitrogens with zero attached hydrogens (tertiary/aromatic N) is 2. The summed E-state index contributed by atoms with van der Waals surface area (Å²) in [5.74, 6) is -1.95. The highest BCUT2D eigenvalue weighted by molar-refractivity contribution is 6.20. The molecule has 0 saturated carbocycles. The Hall–Kier alpha value is -3.02. The summed E-state index contributed by atoms with van der Waals surface area (Å²) < 4.78 is 0. The van der Waals surface area contributed by atoms with Gasteiger partial charge in [0.15, 0.2) is 0 Å². The van der Waals surface area contributed by atoms with Crippen molar-refractivity contribution in [2.45, 2.75) is 13.3 Å². The Kier molecular flexibility index (Phi) is 3.42. The van der Waals surface area contributed by atoms with Crippen LogP contribution >= 0.6 is 0 Å². The van der Waals surface area contributed by atoms with Crippen LogP contribution in [0.1, 0.15) is 31.8 Å². The third-order valence-electron chi connectivity index (χ3n) is 3.43. The SMILES string of the molecule is Cc1ccncc1CC(=O)ON1C(=O)c2ccccc2C1=O. The second-order valence-electron chi connectivity index (χ2n) is 4.89. The average molecular weight is 296 g/mol. The van der Waals surface area contributed by atoms with E-state index in [-0.39, 0.29) is 17.5 Å². The van der Waals surface area contributed by atoms with Crippen molar-refractivity contribution in [3.8, 4) is 0 Å². The normalized spacial score (nSPS) is 13.2. The smallest absolute Gasteiger partial charge is 0.329 e. The minimum Gasteiger partial charge on any atom is -0.329 e. The zero-order valence-electron chi connectivity index (χ0n) is 11.8. The monoisotopic (exact) mass is 296 g/mol. The van der Waals surface area contributed by atoms with E-state index in [9.17, 15) is 14.4 Å². The number of pyridine rings is 1. The molecule has 6 heteroatoms. The highest BCUT2D eigenvalue weighted by Crippen LogP contribution is 2.23. The molecular formula is C16H12N2O4. The number of benzene rings is 1. The largest absolute Gasteiger partial charge is 0.337 e. The first-order valence-electron chi connectivity index (χ1n) is 6.66. The summed E-state index contributed by atoms with van der Waals surface area (Å²) in [7, 11) is 0. The summed E-state index contributed by atoms with van der Waals surface area (Å²) in [6.45, 7) is 1.84. The van der Waals surface area contributed by atoms with Crippen molar-refractivity contribution < 1.29 is 19.2 Å². The summed E-state index contributed by atoms with van der Waals surface area (Å²) in [5, 5.41) is 0.513. The van der Waals surface area contributed by atoms with Gasteiger partial charge in [-0.3, -0.25) is 14.6 Å². The standard InChI is InChI=1S/C16H12N2O4/c1-10-6-7-17-9-11(10)8-14(19)22-18-15(20)12-4-2-3-5-13(12)16(18)21/h2-7,9H,8H2,1H3. The molecule has 0 unspecified atom stereocenters. The highest BCUT2D eigenvalue weighted by Gasteiger charge is 2.38. The molecule has 1 aromatic heterocycles. The first-order chi connectivity index (χ1) is 10.6. The Morgan fingerprint density at radius 1 is 1.14 bits per heavy atom. The first kappa shape index (κ1) is 13.9. The van der Waals surface area contributed by atoms with Crippen molar-refractivity contribution in [3.05, 3.63) is 65.0 Å². The number of fused-ring (bicyclic) bond motifs is 1. The minimum atomic E-state index is -0.689. The molecule has 0 atom stereocenters. The number of aryl methyl sites for hydroxylation is 1. The van der Waals surface area contributed by atoms with Gasteiger partial charge in [-0.05, 0) is 36.2 Å². The summed E-state index contributed by atoms with van der Waals surface area (Å²) in [6, 6.07) is 8.11. The fraction of sp³-hybridized carbons (Fsp3) is 0.125. The van der Waals surface area contributed by atoms with E-state index in [4.69, 9.17) is 4.84 Å². The van der Waals surface area contributed by atoms with Gasteiger partial charge >= 0.3 is 5.97 Å². The molecule has 0 saturated heterocycles. The number of amides is 2. The number of rotatable bonds is 3. The molecule has 0 radical (unpaired) electrons. The Bertz CT molecular complexity index is 750. The zero-order chi connectivity index (χ0) is 15.7. The second-order valence-corrected chi connectivity index (χ2v) is 4.89. The van der Waals surface area contributed by atoms with Gasteiger partial charge in [0.1, 0.15) is 0 Å². The third-order valence-corrected chi connectivity index (χ3v) is 3.43. The van der Waals surface area contributed by atoms with Gasteiger partial charge in [-0.15, -0.1) is 0 Å². The molecular weight excluding hydrogens is 284 g/mol. The van der Waals surface area contributed by atoms with Gasteiger partial charge in [0.05, 0.1) is 17.5 Å². The van der Waals surface area contributed by atoms with E-state index in [1.165, 1.54) is 12.1 Å². The molecule has 6 nitrogen and oxygen atoms in total. The molecule has 1 aliphatic heterocycles. The fourth-order valence-electron chi connectivity index (χ4n) is 2.22. The second kappa shape index (κ2) is 5.40. The van der Waals surface area contributed by atoms with Crippen LogP contribution in [0.3, 0.4) is 0 Å². The number of hydrogen-bond acceptors (Lipinski definition) is 5. The van der Waals surface area contributed by atoms with E-state index in [1.54, 1.807) is 30.6 Å². The van der Waals surface area contributed by atoms with E-state index in [0.717, 1.165) is 5.56 Å². The predicted molar refractivity (Wildman–Crippen MR) is 75.7 cm³/mol. The van der Waals surface area contributed by atoms with E-state index in [0.29, 0.717) is 10.6 Å². The van der Waals surface area contributed by atoms with Gasteiger partial charge in [0.25, 0.3) is 11.8 Å². The van der Waals surface area contributed by atoms with Crippen molar-refractivity contribution in [3.63, 3.8) is 0 Å².